The van der Waals surface area contributed by atoms with E-state index in [9.17, 15) is 4.79 Å². The summed E-state index contributed by atoms with van der Waals surface area (Å²) < 4.78 is 5.95. The van der Waals surface area contributed by atoms with Crippen molar-refractivity contribution in [2.45, 2.75) is 31.8 Å². The summed E-state index contributed by atoms with van der Waals surface area (Å²) in [6, 6.07) is 3.67. The average molecular weight is 316 g/mol. The topological polar surface area (TPSA) is 72.4 Å². The highest BCUT2D eigenvalue weighted by atomic mass is 16.5. The van der Waals surface area contributed by atoms with E-state index in [1.807, 2.05) is 11.0 Å². The number of hydrogen-bond donors (Lipinski definition) is 1. The minimum absolute atomic E-state index is 0.0411. The molecule has 2 fully saturated rings. The largest absolute Gasteiger partial charge is 0.375 e. The van der Waals surface area contributed by atoms with E-state index < -0.39 is 0 Å². The Morgan fingerprint density at radius 1 is 1.30 bits per heavy atom. The zero-order valence-electron chi connectivity index (χ0n) is 13.5. The highest BCUT2D eigenvalue weighted by Crippen LogP contribution is 2.15. The number of carbonyl (C=O) groups is 1. The maximum Gasteiger partial charge on any atom is 0.270 e. The first-order valence-corrected chi connectivity index (χ1v) is 8.48. The molecular formula is C17H24N4O2. The molecule has 1 aromatic heterocycles. The molecule has 6 heteroatoms. The van der Waals surface area contributed by atoms with Crippen LogP contribution >= 0.6 is 0 Å². The molecule has 0 bridgehead atoms. The van der Waals surface area contributed by atoms with Crippen LogP contribution in [0.15, 0.2) is 12.3 Å². The third-order valence-corrected chi connectivity index (χ3v) is 4.59. The molecule has 3 rings (SSSR count). The van der Waals surface area contributed by atoms with Crippen LogP contribution in [0.2, 0.25) is 0 Å². The van der Waals surface area contributed by atoms with Crippen LogP contribution in [0, 0.1) is 11.3 Å². The number of likely N-dealkylation sites (tertiary alicyclic amines) is 1. The van der Waals surface area contributed by atoms with E-state index in [1.165, 1.54) is 19.3 Å². The molecule has 3 heterocycles. The van der Waals surface area contributed by atoms with Gasteiger partial charge in [-0.25, -0.2) is 0 Å². The van der Waals surface area contributed by atoms with Crippen LogP contribution in [0.3, 0.4) is 0 Å². The Hall–Kier alpha value is -1.84. The number of aromatic nitrogens is 1. The molecule has 0 spiro atoms. The van der Waals surface area contributed by atoms with Crippen molar-refractivity contribution in [1.29, 1.82) is 5.26 Å². The van der Waals surface area contributed by atoms with Gasteiger partial charge in [-0.15, -0.1) is 0 Å². The number of amides is 1. The number of nitrogens with zero attached hydrogens (tertiary/aromatic N) is 3. The molecule has 23 heavy (non-hydrogen) atoms. The zero-order valence-corrected chi connectivity index (χ0v) is 13.5. The first-order valence-electron chi connectivity index (χ1n) is 8.48. The second kappa shape index (κ2) is 7.62. The van der Waals surface area contributed by atoms with E-state index in [0.29, 0.717) is 31.0 Å². The third kappa shape index (κ3) is 4.12. The molecule has 124 valence electrons. The van der Waals surface area contributed by atoms with Crippen molar-refractivity contribution in [3.63, 3.8) is 0 Å². The number of aromatic amines is 1. The zero-order chi connectivity index (χ0) is 16.1. The van der Waals surface area contributed by atoms with Gasteiger partial charge in [0.05, 0.1) is 11.7 Å². The van der Waals surface area contributed by atoms with Crippen LogP contribution in [0.4, 0.5) is 0 Å². The number of hydrogen-bond acceptors (Lipinski definition) is 4. The average Bonchev–Trinajstić information content (AvgIpc) is 2.95. The highest BCUT2D eigenvalue weighted by molar-refractivity contribution is 5.92. The van der Waals surface area contributed by atoms with Crippen molar-refractivity contribution in [3.05, 3.63) is 23.5 Å². The Morgan fingerprint density at radius 3 is 2.87 bits per heavy atom. The van der Waals surface area contributed by atoms with Crippen molar-refractivity contribution in [3.8, 4) is 6.07 Å². The van der Waals surface area contributed by atoms with Gasteiger partial charge < -0.3 is 19.5 Å². The maximum absolute atomic E-state index is 12.6. The number of ether oxygens (including phenoxy) is 1. The molecule has 2 aliphatic rings. The fraction of sp³-hybridized carbons (Fsp3) is 0.647. The highest BCUT2D eigenvalue weighted by Gasteiger charge is 2.26. The predicted octanol–water partition coefficient (Wildman–Crippen LogP) is 1.60. The second-order valence-corrected chi connectivity index (χ2v) is 6.37. The van der Waals surface area contributed by atoms with Crippen LogP contribution in [-0.2, 0) is 4.74 Å². The number of nitriles is 1. The molecule has 0 aliphatic carbocycles. The lowest BCUT2D eigenvalue weighted by Crippen LogP contribution is -2.43. The van der Waals surface area contributed by atoms with Crippen molar-refractivity contribution < 1.29 is 9.53 Å². The van der Waals surface area contributed by atoms with Gasteiger partial charge in [0, 0.05) is 32.4 Å². The van der Waals surface area contributed by atoms with Crippen LogP contribution in [0.1, 0.15) is 41.7 Å². The first-order chi connectivity index (χ1) is 11.3. The minimum atomic E-state index is -0.0411. The van der Waals surface area contributed by atoms with Gasteiger partial charge in [-0.1, -0.05) is 6.42 Å². The maximum atomic E-state index is 12.6. The number of nitrogens with one attached hydrogen (secondary N) is 1. The van der Waals surface area contributed by atoms with Gasteiger partial charge in [0.2, 0.25) is 0 Å². The second-order valence-electron chi connectivity index (χ2n) is 6.37. The molecule has 0 aromatic carbocycles. The molecule has 0 radical (unpaired) electrons. The molecule has 6 nitrogen and oxygen atoms in total. The van der Waals surface area contributed by atoms with E-state index >= 15 is 0 Å². The molecule has 1 amide bonds. The summed E-state index contributed by atoms with van der Waals surface area (Å²) in [6.07, 6.45) is 6.34. The predicted molar refractivity (Wildman–Crippen MR) is 86.1 cm³/mol. The van der Waals surface area contributed by atoms with Gasteiger partial charge in [-0.3, -0.25) is 4.79 Å². The van der Waals surface area contributed by atoms with Crippen molar-refractivity contribution in [2.24, 2.45) is 0 Å². The van der Waals surface area contributed by atoms with Crippen LogP contribution in [0.25, 0.3) is 0 Å². The minimum Gasteiger partial charge on any atom is -0.375 e. The summed E-state index contributed by atoms with van der Waals surface area (Å²) >= 11 is 0. The lowest BCUT2D eigenvalue weighted by Gasteiger charge is -2.31. The normalized spacial score (nSPS) is 23.3. The number of H-pyrrole nitrogens is 1. The van der Waals surface area contributed by atoms with Crippen molar-refractivity contribution in [1.82, 2.24) is 14.8 Å². The number of rotatable bonds is 3. The van der Waals surface area contributed by atoms with Gasteiger partial charge in [0.25, 0.3) is 5.91 Å². The van der Waals surface area contributed by atoms with Gasteiger partial charge in [0.15, 0.2) is 0 Å². The Kier molecular flexibility index (Phi) is 5.31. The molecular weight excluding hydrogens is 292 g/mol. The third-order valence-electron chi connectivity index (χ3n) is 4.59. The Labute approximate surface area is 137 Å². The molecule has 2 aliphatic heterocycles. The van der Waals surface area contributed by atoms with Gasteiger partial charge >= 0.3 is 0 Å². The Morgan fingerprint density at radius 2 is 2.13 bits per heavy atom. The lowest BCUT2D eigenvalue weighted by atomic mass is 10.1. The first kappa shape index (κ1) is 16.0. The summed E-state index contributed by atoms with van der Waals surface area (Å²) in [5.74, 6) is -0.0411. The van der Waals surface area contributed by atoms with Gasteiger partial charge in [-0.2, -0.15) is 5.26 Å². The van der Waals surface area contributed by atoms with Gasteiger partial charge in [0.1, 0.15) is 11.8 Å². The molecule has 0 saturated carbocycles. The van der Waals surface area contributed by atoms with Crippen molar-refractivity contribution >= 4 is 5.91 Å². The van der Waals surface area contributed by atoms with E-state index in [-0.39, 0.29) is 12.0 Å². The quantitative estimate of drug-likeness (QED) is 0.919. The lowest BCUT2D eigenvalue weighted by molar-refractivity contribution is 0.0215. The van der Waals surface area contributed by atoms with E-state index in [0.717, 1.165) is 26.1 Å². The summed E-state index contributed by atoms with van der Waals surface area (Å²) in [6.45, 7) is 5.20. The van der Waals surface area contributed by atoms with E-state index in [1.54, 1.807) is 12.3 Å². The summed E-state index contributed by atoms with van der Waals surface area (Å²) in [5, 5.41) is 8.89. The summed E-state index contributed by atoms with van der Waals surface area (Å²) in [5.41, 5.74) is 0.976. The van der Waals surface area contributed by atoms with E-state index in [2.05, 4.69) is 9.88 Å². The standard InChI is InChI=1S/C17H24N4O2/c18-10-14-9-16(19-11-14)17(22)21-7-4-8-23-15(13-21)12-20-5-2-1-3-6-20/h9,11,15,19H,1-8,12-13H2. The summed E-state index contributed by atoms with van der Waals surface area (Å²) in [7, 11) is 0. The summed E-state index contributed by atoms with van der Waals surface area (Å²) in [4.78, 5) is 19.8. The fourth-order valence-electron chi connectivity index (χ4n) is 3.37. The molecule has 1 aromatic rings. The molecule has 1 atom stereocenters. The Balaban J connectivity index is 1.62. The number of carbonyl (C=O) groups excluding carboxylic acids is 1. The van der Waals surface area contributed by atoms with Gasteiger partial charge in [-0.05, 0) is 38.4 Å². The smallest absolute Gasteiger partial charge is 0.270 e. The monoisotopic (exact) mass is 316 g/mol. The molecule has 1 unspecified atom stereocenters. The molecule has 2 saturated heterocycles. The van der Waals surface area contributed by atoms with E-state index in [4.69, 9.17) is 10.00 Å². The van der Waals surface area contributed by atoms with Crippen LogP contribution in [0.5, 0.6) is 0 Å². The van der Waals surface area contributed by atoms with Crippen LogP contribution in [-0.4, -0.2) is 66.1 Å². The number of piperidine rings is 1. The van der Waals surface area contributed by atoms with Crippen LogP contribution < -0.4 is 0 Å². The SMILES string of the molecule is N#Cc1c[nH]c(C(=O)N2CCCOC(CN3CCCCC3)C2)c1. The fourth-order valence-corrected chi connectivity index (χ4v) is 3.37. The Bertz CT molecular complexity index is 571. The van der Waals surface area contributed by atoms with Crippen molar-refractivity contribution in [2.75, 3.05) is 39.3 Å². The molecule has 1 N–H and O–H groups in total.